The third kappa shape index (κ3) is 9.04. The maximum absolute atomic E-state index is 3.50. The highest BCUT2D eigenvalue weighted by atomic mass is 79.9. The van der Waals surface area contributed by atoms with Crippen molar-refractivity contribution >= 4 is 22.0 Å². The molecule has 0 aliphatic heterocycles. The van der Waals surface area contributed by atoms with Crippen molar-refractivity contribution in [3.8, 4) is 0 Å². The van der Waals surface area contributed by atoms with Gasteiger partial charge >= 0.3 is 0 Å². The molecule has 0 nitrogen and oxygen atoms in total. The highest BCUT2D eigenvalue weighted by Crippen LogP contribution is 2.14. The van der Waals surface area contributed by atoms with Crippen LogP contribution in [0.4, 0.5) is 0 Å². The van der Waals surface area contributed by atoms with Gasteiger partial charge in [-0.05, 0) is 30.5 Å². The molecule has 0 amide bonds. The molecule has 0 aliphatic carbocycles. The number of rotatable bonds is 10. The summed E-state index contributed by atoms with van der Waals surface area (Å²) in [6.07, 6.45) is 16.9. The standard InChI is InChI=1S/C18H27Br/c1-2-3-4-5-6-7-8-9-10-11-13-17-14-12-15-18(19)16-17/h11-16H,2-10H2,1H3/b13-11+. The number of halogens is 1. The lowest BCUT2D eigenvalue weighted by atomic mass is 10.1. The minimum Gasteiger partial charge on any atom is -0.0839 e. The lowest BCUT2D eigenvalue weighted by Crippen LogP contribution is -1.80. The van der Waals surface area contributed by atoms with E-state index in [2.05, 4.69) is 59.3 Å². The maximum Gasteiger partial charge on any atom is 0.0181 e. The first-order valence-electron chi connectivity index (χ1n) is 7.75. The van der Waals surface area contributed by atoms with Crippen LogP contribution in [0.2, 0.25) is 0 Å². The fourth-order valence-corrected chi connectivity index (χ4v) is 2.64. The van der Waals surface area contributed by atoms with E-state index in [1.54, 1.807) is 0 Å². The van der Waals surface area contributed by atoms with Gasteiger partial charge in [0.2, 0.25) is 0 Å². The zero-order valence-corrected chi connectivity index (χ0v) is 13.8. The molecule has 0 N–H and O–H groups in total. The molecule has 0 bridgehead atoms. The molecule has 0 aromatic heterocycles. The molecule has 1 rings (SSSR count). The fourth-order valence-electron chi connectivity index (χ4n) is 2.23. The summed E-state index contributed by atoms with van der Waals surface area (Å²) in [4.78, 5) is 0. The summed E-state index contributed by atoms with van der Waals surface area (Å²) in [5.74, 6) is 0. The van der Waals surface area contributed by atoms with Gasteiger partial charge in [-0.1, -0.05) is 92.1 Å². The van der Waals surface area contributed by atoms with E-state index in [1.165, 1.54) is 63.4 Å². The minimum atomic E-state index is 1.15. The Bertz CT molecular complexity index is 354. The van der Waals surface area contributed by atoms with Crippen molar-refractivity contribution < 1.29 is 0 Å². The summed E-state index contributed by atoms with van der Waals surface area (Å²) in [6.45, 7) is 2.28. The van der Waals surface area contributed by atoms with Crippen molar-refractivity contribution in [1.82, 2.24) is 0 Å². The van der Waals surface area contributed by atoms with E-state index in [1.807, 2.05) is 0 Å². The summed E-state index contributed by atoms with van der Waals surface area (Å²) in [5.41, 5.74) is 1.29. The van der Waals surface area contributed by atoms with Gasteiger partial charge in [0, 0.05) is 4.47 Å². The van der Waals surface area contributed by atoms with Gasteiger partial charge in [0.25, 0.3) is 0 Å². The van der Waals surface area contributed by atoms with Crippen LogP contribution < -0.4 is 0 Å². The molecule has 0 saturated heterocycles. The molecule has 0 fully saturated rings. The minimum absolute atomic E-state index is 1.15. The van der Waals surface area contributed by atoms with Crippen molar-refractivity contribution in [2.45, 2.75) is 64.7 Å². The van der Waals surface area contributed by atoms with Gasteiger partial charge in [0.05, 0.1) is 0 Å². The lowest BCUT2D eigenvalue weighted by molar-refractivity contribution is 0.578. The summed E-state index contributed by atoms with van der Waals surface area (Å²) in [5, 5.41) is 0. The van der Waals surface area contributed by atoms with Crippen LogP contribution in [0.1, 0.15) is 70.3 Å². The first kappa shape index (κ1) is 16.5. The average molecular weight is 323 g/mol. The van der Waals surface area contributed by atoms with Gasteiger partial charge in [-0.15, -0.1) is 0 Å². The molecule has 0 atom stereocenters. The van der Waals surface area contributed by atoms with Crippen molar-refractivity contribution in [2.24, 2.45) is 0 Å². The van der Waals surface area contributed by atoms with E-state index in [4.69, 9.17) is 0 Å². The molecule has 0 spiro atoms. The molecule has 0 aliphatic rings. The Morgan fingerprint density at radius 2 is 1.63 bits per heavy atom. The van der Waals surface area contributed by atoms with Crippen LogP contribution >= 0.6 is 15.9 Å². The van der Waals surface area contributed by atoms with E-state index >= 15 is 0 Å². The van der Waals surface area contributed by atoms with Gasteiger partial charge in [0.1, 0.15) is 0 Å². The third-order valence-corrected chi connectivity index (χ3v) is 3.88. The monoisotopic (exact) mass is 322 g/mol. The maximum atomic E-state index is 3.50. The van der Waals surface area contributed by atoms with E-state index in [-0.39, 0.29) is 0 Å². The molecule has 0 heterocycles. The number of hydrogen-bond acceptors (Lipinski definition) is 0. The lowest BCUT2D eigenvalue weighted by Gasteiger charge is -2.00. The molecule has 19 heavy (non-hydrogen) atoms. The molecule has 0 unspecified atom stereocenters. The van der Waals surface area contributed by atoms with Crippen molar-refractivity contribution in [2.75, 3.05) is 0 Å². The summed E-state index contributed by atoms with van der Waals surface area (Å²) in [6, 6.07) is 8.45. The summed E-state index contributed by atoms with van der Waals surface area (Å²) < 4.78 is 1.15. The molecule has 0 saturated carbocycles. The van der Waals surface area contributed by atoms with Crippen LogP contribution in [-0.2, 0) is 0 Å². The Morgan fingerprint density at radius 3 is 2.32 bits per heavy atom. The Kier molecular flexibility index (Phi) is 9.79. The molecular formula is C18H27Br. The Morgan fingerprint density at radius 1 is 0.947 bits per heavy atom. The fraction of sp³-hybridized carbons (Fsp3) is 0.556. The molecule has 0 radical (unpaired) electrons. The molecule has 106 valence electrons. The van der Waals surface area contributed by atoms with Gasteiger partial charge in [0.15, 0.2) is 0 Å². The highest BCUT2D eigenvalue weighted by molar-refractivity contribution is 9.10. The first-order chi connectivity index (χ1) is 9.33. The van der Waals surface area contributed by atoms with Gasteiger partial charge in [-0.25, -0.2) is 0 Å². The molecular weight excluding hydrogens is 296 g/mol. The largest absolute Gasteiger partial charge is 0.0839 e. The van der Waals surface area contributed by atoms with Crippen LogP contribution in [0.15, 0.2) is 34.8 Å². The molecule has 1 aromatic rings. The predicted octanol–water partition coefficient (Wildman–Crippen LogP) is 6.99. The van der Waals surface area contributed by atoms with Gasteiger partial charge in [-0.3, -0.25) is 0 Å². The highest BCUT2D eigenvalue weighted by Gasteiger charge is 1.91. The smallest absolute Gasteiger partial charge is 0.0181 e. The second-order valence-electron chi connectivity index (χ2n) is 5.22. The quantitative estimate of drug-likeness (QED) is 0.407. The number of allylic oxidation sites excluding steroid dienone is 1. The van der Waals surface area contributed by atoms with Crippen molar-refractivity contribution in [1.29, 1.82) is 0 Å². The van der Waals surface area contributed by atoms with E-state index in [0.29, 0.717) is 0 Å². The number of unbranched alkanes of at least 4 members (excludes halogenated alkanes) is 8. The van der Waals surface area contributed by atoms with E-state index < -0.39 is 0 Å². The predicted molar refractivity (Wildman–Crippen MR) is 90.4 cm³/mol. The summed E-state index contributed by atoms with van der Waals surface area (Å²) in [7, 11) is 0. The van der Waals surface area contributed by atoms with Crippen LogP contribution in [0.3, 0.4) is 0 Å². The zero-order valence-electron chi connectivity index (χ0n) is 12.2. The Hall–Kier alpha value is -0.560. The SMILES string of the molecule is CCCCCCCCCC/C=C/c1cccc(Br)c1. The molecule has 1 heteroatoms. The average Bonchev–Trinajstić information content (AvgIpc) is 2.41. The van der Waals surface area contributed by atoms with E-state index in [0.717, 1.165) is 4.47 Å². The van der Waals surface area contributed by atoms with Gasteiger partial charge < -0.3 is 0 Å². The van der Waals surface area contributed by atoms with Crippen LogP contribution in [-0.4, -0.2) is 0 Å². The summed E-state index contributed by atoms with van der Waals surface area (Å²) >= 11 is 3.50. The third-order valence-electron chi connectivity index (χ3n) is 3.38. The first-order valence-corrected chi connectivity index (χ1v) is 8.54. The number of hydrogen-bond donors (Lipinski definition) is 0. The topological polar surface area (TPSA) is 0 Å². The Labute approximate surface area is 127 Å². The van der Waals surface area contributed by atoms with Crippen LogP contribution in [0.25, 0.3) is 6.08 Å². The van der Waals surface area contributed by atoms with Crippen molar-refractivity contribution in [3.63, 3.8) is 0 Å². The molecule has 1 aromatic carbocycles. The van der Waals surface area contributed by atoms with Crippen LogP contribution in [0.5, 0.6) is 0 Å². The zero-order chi connectivity index (χ0) is 13.8. The van der Waals surface area contributed by atoms with Crippen LogP contribution in [0, 0.1) is 0 Å². The van der Waals surface area contributed by atoms with Crippen molar-refractivity contribution in [3.05, 3.63) is 40.4 Å². The second-order valence-corrected chi connectivity index (χ2v) is 6.14. The number of benzene rings is 1. The Balaban J connectivity index is 1.99. The van der Waals surface area contributed by atoms with Gasteiger partial charge in [-0.2, -0.15) is 0 Å². The van der Waals surface area contributed by atoms with E-state index in [9.17, 15) is 0 Å². The normalized spacial score (nSPS) is 11.3. The second kappa shape index (κ2) is 11.3.